The maximum absolute atomic E-state index is 11.3. The molecule has 0 saturated carbocycles. The van der Waals surface area contributed by atoms with Crippen LogP contribution >= 0.6 is 0 Å². The molecule has 0 aliphatic carbocycles. The van der Waals surface area contributed by atoms with Crippen LogP contribution in [-0.4, -0.2) is 34.0 Å². The Morgan fingerprint density at radius 3 is 2.63 bits per heavy atom. The summed E-state index contributed by atoms with van der Waals surface area (Å²) in [4.78, 5) is 11.3. The number of ether oxygens (including phenoxy) is 1. The van der Waals surface area contributed by atoms with Crippen molar-refractivity contribution in [3.63, 3.8) is 0 Å². The van der Waals surface area contributed by atoms with Crippen LogP contribution in [0.1, 0.15) is 36.1 Å². The second kappa shape index (κ2) is 7.23. The van der Waals surface area contributed by atoms with Gasteiger partial charge in [0.25, 0.3) is 0 Å². The lowest BCUT2D eigenvalue weighted by Crippen LogP contribution is -2.24. The topological polar surface area (TPSA) is 87.0 Å². The molecule has 1 aromatic carbocycles. The van der Waals surface area contributed by atoms with Gasteiger partial charge in [0, 0.05) is 0 Å². The van der Waals surface area contributed by atoms with E-state index in [1.54, 1.807) is 32.0 Å². The third-order valence-electron chi connectivity index (χ3n) is 3.02. The van der Waals surface area contributed by atoms with Gasteiger partial charge in [-0.1, -0.05) is 18.2 Å². The molecule has 2 atom stereocenters. The zero-order chi connectivity index (χ0) is 14.4. The van der Waals surface area contributed by atoms with Crippen molar-refractivity contribution < 1.29 is 24.9 Å². The second-order valence-electron chi connectivity index (χ2n) is 4.31. The minimum absolute atomic E-state index is 0.139. The maximum Gasteiger partial charge on any atom is 0.308 e. The van der Waals surface area contributed by atoms with Crippen molar-refractivity contribution in [3.8, 4) is 0 Å². The van der Waals surface area contributed by atoms with E-state index in [2.05, 4.69) is 0 Å². The molecule has 0 heterocycles. The third kappa shape index (κ3) is 4.02. The van der Waals surface area contributed by atoms with Gasteiger partial charge < -0.3 is 20.1 Å². The molecule has 19 heavy (non-hydrogen) atoms. The molecule has 0 aliphatic rings. The van der Waals surface area contributed by atoms with E-state index >= 15 is 0 Å². The molecule has 0 radical (unpaired) electrons. The summed E-state index contributed by atoms with van der Waals surface area (Å²) in [5.41, 5.74) is 1.89. The zero-order valence-corrected chi connectivity index (χ0v) is 11.2. The van der Waals surface area contributed by atoms with Crippen molar-refractivity contribution in [3.05, 3.63) is 34.9 Å². The van der Waals surface area contributed by atoms with Gasteiger partial charge >= 0.3 is 5.97 Å². The van der Waals surface area contributed by atoms with E-state index in [-0.39, 0.29) is 19.6 Å². The van der Waals surface area contributed by atoms with E-state index in [9.17, 15) is 15.0 Å². The highest BCUT2D eigenvalue weighted by Gasteiger charge is 2.23. The highest BCUT2D eigenvalue weighted by atomic mass is 16.5. The van der Waals surface area contributed by atoms with Crippen molar-refractivity contribution in [2.75, 3.05) is 6.61 Å². The summed E-state index contributed by atoms with van der Waals surface area (Å²) in [6.07, 6.45) is -2.68. The van der Waals surface area contributed by atoms with Gasteiger partial charge in [-0.2, -0.15) is 0 Å². The Morgan fingerprint density at radius 2 is 2.05 bits per heavy atom. The number of carbonyl (C=O) groups is 1. The van der Waals surface area contributed by atoms with Crippen LogP contribution in [0.25, 0.3) is 0 Å². The first-order valence-corrected chi connectivity index (χ1v) is 6.22. The van der Waals surface area contributed by atoms with Gasteiger partial charge in [-0.15, -0.1) is 0 Å². The number of aliphatic hydroxyl groups excluding tert-OH is 3. The molecular weight excluding hydrogens is 248 g/mol. The Kier molecular flexibility index (Phi) is 5.95. The van der Waals surface area contributed by atoms with Crippen LogP contribution in [0, 0.1) is 6.92 Å². The molecular formula is C14H20O5. The molecule has 1 aromatic rings. The fourth-order valence-electron chi connectivity index (χ4n) is 1.90. The quantitative estimate of drug-likeness (QED) is 0.665. The predicted molar refractivity (Wildman–Crippen MR) is 69.3 cm³/mol. The van der Waals surface area contributed by atoms with Crippen molar-refractivity contribution in [2.24, 2.45) is 0 Å². The van der Waals surface area contributed by atoms with E-state index < -0.39 is 18.2 Å². The lowest BCUT2D eigenvalue weighted by molar-refractivity contribution is -0.147. The largest absolute Gasteiger partial charge is 0.466 e. The number of carbonyl (C=O) groups excluding carboxylic acids is 1. The summed E-state index contributed by atoms with van der Waals surface area (Å²) in [5.74, 6) is -0.551. The van der Waals surface area contributed by atoms with Gasteiger partial charge in [0.2, 0.25) is 0 Å². The van der Waals surface area contributed by atoms with Crippen LogP contribution in [0.15, 0.2) is 18.2 Å². The first kappa shape index (κ1) is 15.6. The standard InChI is InChI=1S/C14H20O5/c1-3-19-13(17)7-12(16)14(18)11-6-4-5-10(8-15)9(11)2/h4-6,12,14-16,18H,3,7-8H2,1-2H3. The molecule has 3 N–H and O–H groups in total. The molecule has 0 saturated heterocycles. The van der Waals surface area contributed by atoms with E-state index in [0.717, 1.165) is 0 Å². The van der Waals surface area contributed by atoms with Crippen LogP contribution in [0.5, 0.6) is 0 Å². The van der Waals surface area contributed by atoms with Gasteiger partial charge in [0.15, 0.2) is 0 Å². The molecule has 0 aromatic heterocycles. The van der Waals surface area contributed by atoms with Gasteiger partial charge in [-0.25, -0.2) is 0 Å². The summed E-state index contributed by atoms with van der Waals surface area (Å²) in [5, 5.41) is 29.1. The summed E-state index contributed by atoms with van der Waals surface area (Å²) in [6, 6.07) is 5.09. The molecule has 0 bridgehead atoms. The van der Waals surface area contributed by atoms with Crippen LogP contribution in [-0.2, 0) is 16.1 Å². The molecule has 2 unspecified atom stereocenters. The van der Waals surface area contributed by atoms with Crippen LogP contribution in [0.3, 0.4) is 0 Å². The maximum atomic E-state index is 11.3. The summed E-state index contributed by atoms with van der Waals surface area (Å²) in [7, 11) is 0. The van der Waals surface area contributed by atoms with Crippen LogP contribution in [0.4, 0.5) is 0 Å². The summed E-state index contributed by atoms with van der Waals surface area (Å²) >= 11 is 0. The monoisotopic (exact) mass is 268 g/mol. The fraction of sp³-hybridized carbons (Fsp3) is 0.500. The second-order valence-corrected chi connectivity index (χ2v) is 4.31. The highest BCUT2D eigenvalue weighted by Crippen LogP contribution is 2.25. The Labute approximate surface area is 112 Å². The van der Waals surface area contributed by atoms with Gasteiger partial charge in [-0.05, 0) is 30.5 Å². The van der Waals surface area contributed by atoms with Gasteiger partial charge in [0.1, 0.15) is 6.10 Å². The summed E-state index contributed by atoms with van der Waals surface area (Å²) < 4.78 is 4.72. The van der Waals surface area contributed by atoms with Gasteiger partial charge in [-0.3, -0.25) is 4.79 Å². The number of esters is 1. The minimum Gasteiger partial charge on any atom is -0.466 e. The van der Waals surface area contributed by atoms with Crippen molar-refractivity contribution >= 4 is 5.97 Å². The summed E-state index contributed by atoms with van der Waals surface area (Å²) in [6.45, 7) is 3.53. The van der Waals surface area contributed by atoms with E-state index in [0.29, 0.717) is 16.7 Å². The Bertz CT molecular complexity index is 430. The SMILES string of the molecule is CCOC(=O)CC(O)C(O)c1cccc(CO)c1C. The van der Waals surface area contributed by atoms with Crippen molar-refractivity contribution in [1.82, 2.24) is 0 Å². The van der Waals surface area contributed by atoms with Crippen LogP contribution < -0.4 is 0 Å². The van der Waals surface area contributed by atoms with E-state index in [1.807, 2.05) is 0 Å². The number of benzene rings is 1. The Morgan fingerprint density at radius 1 is 1.37 bits per heavy atom. The lowest BCUT2D eigenvalue weighted by Gasteiger charge is -2.20. The van der Waals surface area contributed by atoms with Gasteiger partial charge in [0.05, 0.1) is 25.7 Å². The first-order valence-electron chi connectivity index (χ1n) is 6.22. The first-order chi connectivity index (χ1) is 9.01. The Hall–Kier alpha value is -1.43. The number of hydrogen-bond acceptors (Lipinski definition) is 5. The number of aliphatic hydroxyl groups is 3. The van der Waals surface area contributed by atoms with E-state index in [4.69, 9.17) is 9.84 Å². The molecule has 5 heteroatoms. The molecule has 5 nitrogen and oxygen atoms in total. The number of hydrogen-bond donors (Lipinski definition) is 3. The van der Waals surface area contributed by atoms with Crippen molar-refractivity contribution in [1.29, 1.82) is 0 Å². The molecule has 0 aliphatic heterocycles. The average molecular weight is 268 g/mol. The lowest BCUT2D eigenvalue weighted by atomic mass is 9.95. The Balaban J connectivity index is 2.82. The number of rotatable bonds is 6. The smallest absolute Gasteiger partial charge is 0.308 e. The predicted octanol–water partition coefficient (Wildman–Crippen LogP) is 0.835. The molecule has 0 spiro atoms. The van der Waals surface area contributed by atoms with Crippen LogP contribution in [0.2, 0.25) is 0 Å². The molecule has 106 valence electrons. The van der Waals surface area contributed by atoms with Crippen molar-refractivity contribution in [2.45, 2.75) is 39.1 Å². The van der Waals surface area contributed by atoms with E-state index in [1.165, 1.54) is 0 Å². The third-order valence-corrected chi connectivity index (χ3v) is 3.02. The molecule has 0 amide bonds. The normalized spacial score (nSPS) is 13.9. The highest BCUT2D eigenvalue weighted by molar-refractivity contribution is 5.70. The molecule has 1 rings (SSSR count). The average Bonchev–Trinajstić information content (AvgIpc) is 2.38. The minimum atomic E-state index is -1.23. The molecule has 0 fully saturated rings. The zero-order valence-electron chi connectivity index (χ0n) is 11.2. The fourth-order valence-corrected chi connectivity index (χ4v) is 1.90.